The van der Waals surface area contributed by atoms with Crippen molar-refractivity contribution in [3.8, 4) is 5.75 Å². The summed E-state index contributed by atoms with van der Waals surface area (Å²) in [7, 11) is 0. The molecule has 2 aliphatic rings. The predicted molar refractivity (Wildman–Crippen MR) is 139 cm³/mol. The normalized spacial score (nSPS) is 23.6. The molecule has 1 aliphatic heterocycles. The summed E-state index contributed by atoms with van der Waals surface area (Å²) in [6.07, 6.45) is 6.95. The van der Waals surface area contributed by atoms with Crippen molar-refractivity contribution < 1.29 is 14.3 Å². The predicted octanol–water partition coefficient (Wildman–Crippen LogP) is 7.16. The number of likely N-dealkylation sites (tertiary alicyclic amines) is 1. The molecule has 2 fully saturated rings. The number of rotatable bonds is 6. The highest BCUT2D eigenvalue weighted by molar-refractivity contribution is 5.84. The first-order valence-electron chi connectivity index (χ1n) is 13.4. The molecule has 1 atom stereocenters. The van der Waals surface area contributed by atoms with Gasteiger partial charge in [-0.2, -0.15) is 0 Å². The van der Waals surface area contributed by atoms with Crippen molar-refractivity contribution in [1.29, 1.82) is 0 Å². The van der Waals surface area contributed by atoms with E-state index in [2.05, 4.69) is 69.0 Å². The Balaban J connectivity index is 1.35. The van der Waals surface area contributed by atoms with Gasteiger partial charge in [-0.25, -0.2) is 0 Å². The minimum atomic E-state index is -0.0271. The van der Waals surface area contributed by atoms with E-state index in [0.29, 0.717) is 24.2 Å². The van der Waals surface area contributed by atoms with Gasteiger partial charge in [-0.05, 0) is 111 Å². The van der Waals surface area contributed by atoms with E-state index in [1.807, 2.05) is 6.92 Å². The second-order valence-electron chi connectivity index (χ2n) is 11.5. The first-order valence-corrected chi connectivity index (χ1v) is 13.4. The number of carbonyl (C=O) groups is 1. The molecule has 1 unspecified atom stereocenters. The molecule has 0 bridgehead atoms. The Morgan fingerprint density at radius 2 is 1.62 bits per heavy atom. The van der Waals surface area contributed by atoms with Gasteiger partial charge in [0.1, 0.15) is 5.75 Å². The maximum atomic E-state index is 12.0. The molecule has 2 aromatic carbocycles. The Hall–Kier alpha value is -2.07. The summed E-state index contributed by atoms with van der Waals surface area (Å²) >= 11 is 0. The monoisotopic (exact) mass is 465 g/mol. The maximum Gasteiger partial charge on any atom is 0.309 e. The lowest BCUT2D eigenvalue weighted by molar-refractivity contribution is -0.149. The van der Waals surface area contributed by atoms with Crippen LogP contribution in [-0.2, 0) is 9.53 Å². The van der Waals surface area contributed by atoms with Crippen molar-refractivity contribution >= 4 is 16.7 Å². The van der Waals surface area contributed by atoms with Crippen LogP contribution >= 0.6 is 0 Å². The fraction of sp³-hybridized carbons (Fsp3) is 0.633. The molecule has 0 amide bonds. The molecule has 0 spiro atoms. The van der Waals surface area contributed by atoms with Gasteiger partial charge in [-0.1, -0.05) is 39.0 Å². The average Bonchev–Trinajstić information content (AvgIpc) is 2.83. The van der Waals surface area contributed by atoms with Crippen LogP contribution in [0.15, 0.2) is 36.4 Å². The summed E-state index contributed by atoms with van der Waals surface area (Å²) in [6, 6.07) is 13.7. The smallest absolute Gasteiger partial charge is 0.309 e. The first-order chi connectivity index (χ1) is 16.2. The lowest BCUT2D eigenvalue weighted by Crippen LogP contribution is -2.38. The number of esters is 1. The van der Waals surface area contributed by atoms with Gasteiger partial charge in [0.05, 0.1) is 18.6 Å². The number of nitrogens with zero attached hydrogens (tertiary/aromatic N) is 1. The molecule has 1 saturated heterocycles. The molecular weight excluding hydrogens is 422 g/mol. The van der Waals surface area contributed by atoms with Crippen LogP contribution in [0, 0.1) is 17.3 Å². The van der Waals surface area contributed by atoms with E-state index >= 15 is 0 Å². The Morgan fingerprint density at radius 1 is 0.971 bits per heavy atom. The first kappa shape index (κ1) is 25.0. The number of hydrogen-bond donors (Lipinski definition) is 0. The summed E-state index contributed by atoms with van der Waals surface area (Å²) < 4.78 is 11.6. The number of benzene rings is 2. The molecule has 4 heteroatoms. The van der Waals surface area contributed by atoms with Crippen LogP contribution in [0.25, 0.3) is 10.8 Å². The molecule has 0 radical (unpaired) electrons. The number of fused-ring (bicyclic) bond motifs is 1. The van der Waals surface area contributed by atoms with Gasteiger partial charge in [-0.3, -0.25) is 9.69 Å². The SMILES string of the molecule is CCOC(=O)C1CCN(C(C)c2ccc3cc(OC4CCC(C(C)(C)C)CC4)ccc3c2)CC1. The van der Waals surface area contributed by atoms with Gasteiger partial charge < -0.3 is 9.47 Å². The lowest BCUT2D eigenvalue weighted by Gasteiger charge is -2.37. The minimum absolute atomic E-state index is 0.0271. The van der Waals surface area contributed by atoms with Crippen molar-refractivity contribution in [2.75, 3.05) is 19.7 Å². The van der Waals surface area contributed by atoms with Gasteiger partial charge >= 0.3 is 5.97 Å². The fourth-order valence-corrected chi connectivity index (χ4v) is 5.81. The van der Waals surface area contributed by atoms with Gasteiger partial charge in [0.15, 0.2) is 0 Å². The Bertz CT molecular complexity index is 963. The van der Waals surface area contributed by atoms with Crippen molar-refractivity contribution in [3.63, 3.8) is 0 Å². The number of carbonyl (C=O) groups excluding carboxylic acids is 1. The summed E-state index contributed by atoms with van der Waals surface area (Å²) in [5, 5.41) is 2.49. The largest absolute Gasteiger partial charge is 0.490 e. The molecule has 4 rings (SSSR count). The molecule has 1 aliphatic carbocycles. The molecule has 4 nitrogen and oxygen atoms in total. The zero-order valence-corrected chi connectivity index (χ0v) is 21.8. The highest BCUT2D eigenvalue weighted by atomic mass is 16.5. The summed E-state index contributed by atoms with van der Waals surface area (Å²) in [5.41, 5.74) is 1.73. The van der Waals surface area contributed by atoms with Crippen LogP contribution in [0.5, 0.6) is 5.75 Å². The minimum Gasteiger partial charge on any atom is -0.490 e. The van der Waals surface area contributed by atoms with Crippen molar-refractivity contribution in [2.45, 2.75) is 85.3 Å². The molecule has 0 aromatic heterocycles. The van der Waals surface area contributed by atoms with Crippen molar-refractivity contribution in [3.05, 3.63) is 42.0 Å². The highest BCUT2D eigenvalue weighted by Gasteiger charge is 2.31. The Labute approximate surface area is 206 Å². The van der Waals surface area contributed by atoms with Crippen LogP contribution in [0.2, 0.25) is 0 Å². The summed E-state index contributed by atoms with van der Waals surface area (Å²) in [4.78, 5) is 14.5. The Kier molecular flexibility index (Phi) is 7.87. The molecular formula is C30H43NO3. The van der Waals surface area contributed by atoms with Crippen LogP contribution in [0.4, 0.5) is 0 Å². The van der Waals surface area contributed by atoms with Crippen LogP contribution in [0.3, 0.4) is 0 Å². The van der Waals surface area contributed by atoms with Gasteiger partial charge in [0.25, 0.3) is 0 Å². The van der Waals surface area contributed by atoms with E-state index in [4.69, 9.17) is 9.47 Å². The second kappa shape index (κ2) is 10.7. The van der Waals surface area contributed by atoms with E-state index in [1.54, 1.807) is 0 Å². The number of hydrogen-bond acceptors (Lipinski definition) is 4. The second-order valence-corrected chi connectivity index (χ2v) is 11.5. The quantitative estimate of drug-likeness (QED) is 0.424. The fourth-order valence-electron chi connectivity index (χ4n) is 5.81. The van der Waals surface area contributed by atoms with E-state index in [9.17, 15) is 4.79 Å². The van der Waals surface area contributed by atoms with Crippen molar-refractivity contribution in [2.24, 2.45) is 17.3 Å². The van der Waals surface area contributed by atoms with Crippen LogP contribution in [-0.4, -0.2) is 36.7 Å². The molecule has 1 heterocycles. The summed E-state index contributed by atoms with van der Waals surface area (Å²) in [5.74, 6) is 1.83. The third-order valence-electron chi connectivity index (χ3n) is 8.22. The number of ether oxygens (including phenoxy) is 2. The number of piperidine rings is 1. The molecule has 34 heavy (non-hydrogen) atoms. The van der Waals surface area contributed by atoms with E-state index in [1.165, 1.54) is 29.2 Å². The third kappa shape index (κ3) is 5.94. The maximum absolute atomic E-state index is 12.0. The highest BCUT2D eigenvalue weighted by Crippen LogP contribution is 2.39. The molecule has 0 N–H and O–H groups in total. The zero-order chi connectivity index (χ0) is 24.3. The van der Waals surface area contributed by atoms with Gasteiger partial charge in [0.2, 0.25) is 0 Å². The van der Waals surface area contributed by atoms with E-state index < -0.39 is 0 Å². The third-order valence-corrected chi connectivity index (χ3v) is 8.22. The average molecular weight is 466 g/mol. The van der Waals surface area contributed by atoms with Crippen LogP contribution < -0.4 is 4.74 Å². The van der Waals surface area contributed by atoms with E-state index in [-0.39, 0.29) is 11.9 Å². The molecule has 1 saturated carbocycles. The van der Waals surface area contributed by atoms with Crippen molar-refractivity contribution in [1.82, 2.24) is 4.90 Å². The van der Waals surface area contributed by atoms with Gasteiger partial charge in [0, 0.05) is 6.04 Å². The van der Waals surface area contributed by atoms with Gasteiger partial charge in [-0.15, -0.1) is 0 Å². The van der Waals surface area contributed by atoms with Crippen LogP contribution in [0.1, 0.15) is 84.7 Å². The standard InChI is InChI=1S/C30H43NO3/c1-6-33-29(32)22-15-17-31(18-16-22)21(2)23-7-8-25-20-28(12-9-24(25)19-23)34-27-13-10-26(11-14-27)30(3,4)5/h7-9,12,19-22,26-27H,6,10-11,13-18H2,1-5H3. The molecule has 186 valence electrons. The summed E-state index contributed by atoms with van der Waals surface area (Å²) in [6.45, 7) is 13.6. The Morgan fingerprint density at radius 3 is 2.26 bits per heavy atom. The molecule has 2 aromatic rings. The zero-order valence-electron chi connectivity index (χ0n) is 21.8. The van der Waals surface area contributed by atoms with E-state index in [0.717, 1.165) is 50.4 Å². The topological polar surface area (TPSA) is 38.8 Å². The lowest BCUT2D eigenvalue weighted by atomic mass is 9.72.